The van der Waals surface area contributed by atoms with E-state index in [9.17, 15) is 9.50 Å². The molecule has 0 fully saturated rings. The summed E-state index contributed by atoms with van der Waals surface area (Å²) in [6.45, 7) is 3.06. The molecule has 1 aromatic carbocycles. The normalized spacial score (nSPS) is 18.7. The number of likely N-dealkylation sites (N-methyl/N-ethyl adjacent to an activating group) is 2. The molecule has 2 N–H and O–H groups in total. The summed E-state index contributed by atoms with van der Waals surface area (Å²) in [7, 11) is 3.74. The molecule has 152 valence electrons. The number of benzene rings is 1. The molecule has 3 heterocycles. The Morgan fingerprint density at radius 2 is 1.86 bits per heavy atom. The number of halogens is 1. The van der Waals surface area contributed by atoms with Crippen molar-refractivity contribution >= 4 is 17.5 Å². The molecule has 4 rings (SSSR count). The number of aliphatic hydroxyl groups is 1. The Labute approximate surface area is 168 Å². The van der Waals surface area contributed by atoms with Crippen LogP contribution in [0.25, 0.3) is 0 Å². The van der Waals surface area contributed by atoms with Gasteiger partial charge in [0, 0.05) is 32.4 Å². The summed E-state index contributed by atoms with van der Waals surface area (Å²) >= 11 is 0. The first kappa shape index (κ1) is 19.1. The van der Waals surface area contributed by atoms with E-state index in [0.29, 0.717) is 19.0 Å². The zero-order valence-corrected chi connectivity index (χ0v) is 16.6. The van der Waals surface area contributed by atoms with E-state index >= 15 is 0 Å². The third-order valence-electron chi connectivity index (χ3n) is 5.30. The predicted octanol–water partition coefficient (Wildman–Crippen LogP) is 2.07. The molecule has 1 unspecified atom stereocenters. The average Bonchev–Trinajstić information content (AvgIpc) is 3.18. The highest BCUT2D eigenvalue weighted by molar-refractivity contribution is 5.70. The van der Waals surface area contributed by atoms with Crippen LogP contribution in [-0.2, 0) is 13.1 Å². The summed E-state index contributed by atoms with van der Waals surface area (Å²) in [6.07, 6.45) is 4.83. The smallest absolute Gasteiger partial charge is 0.225 e. The molecule has 2 atom stereocenters. The van der Waals surface area contributed by atoms with Crippen molar-refractivity contribution in [2.45, 2.75) is 32.3 Å². The van der Waals surface area contributed by atoms with Gasteiger partial charge in [0.25, 0.3) is 0 Å². The fraction of sp³-hybridized carbons (Fsp3) is 0.350. The van der Waals surface area contributed by atoms with Gasteiger partial charge in [-0.25, -0.2) is 9.37 Å². The average molecular weight is 397 g/mol. The van der Waals surface area contributed by atoms with Gasteiger partial charge in [-0.05, 0) is 24.6 Å². The summed E-state index contributed by atoms with van der Waals surface area (Å²) in [6, 6.07) is 6.31. The van der Waals surface area contributed by atoms with Gasteiger partial charge in [-0.1, -0.05) is 12.1 Å². The number of nitrogens with one attached hydrogen (secondary N) is 1. The van der Waals surface area contributed by atoms with E-state index < -0.39 is 6.23 Å². The van der Waals surface area contributed by atoms with Gasteiger partial charge in [-0.15, -0.1) is 0 Å². The highest BCUT2D eigenvalue weighted by Gasteiger charge is 2.33. The summed E-state index contributed by atoms with van der Waals surface area (Å²) in [5, 5.41) is 17.9. The van der Waals surface area contributed by atoms with E-state index in [1.807, 2.05) is 36.8 Å². The van der Waals surface area contributed by atoms with Crippen LogP contribution in [0.15, 0.2) is 42.9 Å². The van der Waals surface area contributed by atoms with Gasteiger partial charge in [0.2, 0.25) is 5.95 Å². The van der Waals surface area contributed by atoms with Crippen LogP contribution < -0.4 is 15.1 Å². The van der Waals surface area contributed by atoms with Crippen LogP contribution in [0.4, 0.5) is 21.8 Å². The van der Waals surface area contributed by atoms with E-state index in [4.69, 9.17) is 0 Å². The molecule has 2 aromatic heterocycles. The molecule has 0 aliphatic carbocycles. The van der Waals surface area contributed by atoms with Gasteiger partial charge < -0.3 is 20.2 Å². The van der Waals surface area contributed by atoms with Gasteiger partial charge in [0.05, 0.1) is 25.0 Å². The van der Waals surface area contributed by atoms with Crippen molar-refractivity contribution in [3.63, 3.8) is 0 Å². The van der Waals surface area contributed by atoms with E-state index in [2.05, 4.69) is 20.4 Å². The standard InChI is InChI=1S/C20H24FN7O/c1-13-19(29)27(3)17-10-23-20(25-18(17)26(13)2)22-8-15-9-24-28(12-15)11-14-4-6-16(21)7-5-14/h4-7,9-10,12-13,19,29H,8,11H2,1-3H3,(H,22,23,25)/t13-,19?/m1/s1. The molecule has 0 saturated carbocycles. The lowest BCUT2D eigenvalue weighted by atomic mass is 10.1. The zero-order chi connectivity index (χ0) is 20.5. The Bertz CT molecular complexity index is 991. The second kappa shape index (κ2) is 7.67. The summed E-state index contributed by atoms with van der Waals surface area (Å²) in [4.78, 5) is 12.7. The van der Waals surface area contributed by atoms with E-state index in [1.165, 1.54) is 12.1 Å². The van der Waals surface area contributed by atoms with Crippen molar-refractivity contribution < 1.29 is 9.50 Å². The quantitative estimate of drug-likeness (QED) is 0.682. The molecule has 1 aliphatic heterocycles. The van der Waals surface area contributed by atoms with Crippen molar-refractivity contribution in [2.24, 2.45) is 0 Å². The van der Waals surface area contributed by atoms with Crippen LogP contribution in [0.2, 0.25) is 0 Å². The molecule has 0 spiro atoms. The molecular weight excluding hydrogens is 373 g/mol. The van der Waals surface area contributed by atoms with Crippen molar-refractivity contribution in [3.8, 4) is 0 Å². The lowest BCUT2D eigenvalue weighted by molar-refractivity contribution is 0.144. The molecule has 0 saturated heterocycles. The monoisotopic (exact) mass is 397 g/mol. The molecule has 0 amide bonds. The fourth-order valence-corrected chi connectivity index (χ4v) is 3.36. The van der Waals surface area contributed by atoms with Crippen LogP contribution in [0.5, 0.6) is 0 Å². The SMILES string of the molecule is C[C@@H]1C(O)N(C)c2cnc(NCc3cnn(Cc4ccc(F)cc4)c3)nc2N1C. The Morgan fingerprint density at radius 1 is 1.10 bits per heavy atom. The third kappa shape index (κ3) is 3.86. The number of aliphatic hydroxyl groups excluding tert-OH is 1. The van der Waals surface area contributed by atoms with Gasteiger partial charge in [-0.2, -0.15) is 10.1 Å². The van der Waals surface area contributed by atoms with Crippen molar-refractivity contribution in [2.75, 3.05) is 29.2 Å². The Kier molecular flexibility index (Phi) is 5.06. The van der Waals surface area contributed by atoms with Gasteiger partial charge >= 0.3 is 0 Å². The molecule has 1 aliphatic rings. The van der Waals surface area contributed by atoms with E-state index in [0.717, 1.165) is 22.6 Å². The van der Waals surface area contributed by atoms with Crippen molar-refractivity contribution in [1.29, 1.82) is 0 Å². The highest BCUT2D eigenvalue weighted by Crippen LogP contribution is 2.34. The molecule has 9 heteroatoms. The van der Waals surface area contributed by atoms with Gasteiger partial charge in [-0.3, -0.25) is 4.68 Å². The Morgan fingerprint density at radius 3 is 2.62 bits per heavy atom. The minimum atomic E-state index is -0.609. The van der Waals surface area contributed by atoms with Crippen LogP contribution in [-0.4, -0.2) is 51.2 Å². The second-order valence-electron chi connectivity index (χ2n) is 7.30. The maximum atomic E-state index is 13.0. The number of rotatable bonds is 5. The summed E-state index contributed by atoms with van der Waals surface area (Å²) in [5.74, 6) is 1.04. The predicted molar refractivity (Wildman–Crippen MR) is 109 cm³/mol. The van der Waals surface area contributed by atoms with Crippen LogP contribution >= 0.6 is 0 Å². The molecule has 0 radical (unpaired) electrons. The number of hydrogen-bond acceptors (Lipinski definition) is 7. The molecule has 8 nitrogen and oxygen atoms in total. The molecule has 3 aromatic rings. The zero-order valence-electron chi connectivity index (χ0n) is 16.6. The lowest BCUT2D eigenvalue weighted by Gasteiger charge is -2.42. The fourth-order valence-electron chi connectivity index (χ4n) is 3.36. The first-order chi connectivity index (χ1) is 13.9. The van der Waals surface area contributed by atoms with E-state index in [1.54, 1.807) is 29.4 Å². The van der Waals surface area contributed by atoms with E-state index in [-0.39, 0.29) is 11.9 Å². The summed E-state index contributed by atoms with van der Waals surface area (Å²) in [5.41, 5.74) is 2.76. The minimum Gasteiger partial charge on any atom is -0.371 e. The molecule has 29 heavy (non-hydrogen) atoms. The Hall–Kier alpha value is -3.20. The highest BCUT2D eigenvalue weighted by atomic mass is 19.1. The maximum Gasteiger partial charge on any atom is 0.225 e. The largest absolute Gasteiger partial charge is 0.371 e. The van der Waals surface area contributed by atoms with Crippen LogP contribution in [0.1, 0.15) is 18.1 Å². The van der Waals surface area contributed by atoms with Gasteiger partial charge in [0.1, 0.15) is 17.7 Å². The first-order valence-electron chi connectivity index (χ1n) is 9.43. The number of nitrogens with zero attached hydrogens (tertiary/aromatic N) is 6. The number of anilines is 3. The minimum absolute atomic E-state index is 0.0834. The Balaban J connectivity index is 1.42. The number of hydrogen-bond donors (Lipinski definition) is 2. The lowest BCUT2D eigenvalue weighted by Crippen LogP contribution is -2.52. The first-order valence-corrected chi connectivity index (χ1v) is 9.43. The third-order valence-corrected chi connectivity index (χ3v) is 5.30. The maximum absolute atomic E-state index is 13.0. The van der Waals surface area contributed by atoms with Crippen LogP contribution in [0.3, 0.4) is 0 Å². The number of aromatic nitrogens is 4. The molecular formula is C20H24FN7O. The van der Waals surface area contributed by atoms with Crippen molar-refractivity contribution in [1.82, 2.24) is 19.7 Å². The van der Waals surface area contributed by atoms with Crippen LogP contribution in [0, 0.1) is 5.82 Å². The summed E-state index contributed by atoms with van der Waals surface area (Å²) < 4.78 is 14.8. The number of fused-ring (bicyclic) bond motifs is 1. The van der Waals surface area contributed by atoms with Crippen molar-refractivity contribution in [3.05, 3.63) is 59.8 Å². The van der Waals surface area contributed by atoms with Gasteiger partial charge in [0.15, 0.2) is 5.82 Å². The molecule has 0 bridgehead atoms. The second-order valence-corrected chi connectivity index (χ2v) is 7.30. The topological polar surface area (TPSA) is 82.3 Å².